The first-order chi connectivity index (χ1) is 7.41. The van der Waals surface area contributed by atoms with Gasteiger partial charge in [0.2, 0.25) is 5.91 Å². The molecule has 0 radical (unpaired) electrons. The largest absolute Gasteiger partial charge is 0.394 e. The molecule has 1 aliphatic rings. The van der Waals surface area contributed by atoms with Crippen LogP contribution in [0.1, 0.15) is 33.1 Å². The summed E-state index contributed by atoms with van der Waals surface area (Å²) in [6, 6.07) is 0. The summed E-state index contributed by atoms with van der Waals surface area (Å²) in [7, 11) is 0. The summed E-state index contributed by atoms with van der Waals surface area (Å²) >= 11 is 0. The molecule has 1 unspecified atom stereocenters. The fourth-order valence-corrected chi connectivity index (χ4v) is 1.68. The van der Waals surface area contributed by atoms with Crippen molar-refractivity contribution >= 4 is 5.91 Å². The molecule has 16 heavy (non-hydrogen) atoms. The third-order valence-electron chi connectivity index (χ3n) is 3.58. The van der Waals surface area contributed by atoms with Crippen molar-refractivity contribution in [2.45, 2.75) is 44.2 Å². The molecule has 0 aromatic carbocycles. The van der Waals surface area contributed by atoms with E-state index >= 15 is 0 Å². The zero-order valence-electron chi connectivity index (χ0n) is 9.99. The predicted octanol–water partition coefficient (Wildman–Crippen LogP) is -0.637. The van der Waals surface area contributed by atoms with Gasteiger partial charge in [0, 0.05) is 0 Å². The Labute approximate surface area is 96.0 Å². The molecule has 94 valence electrons. The monoisotopic (exact) mass is 230 g/mol. The first kappa shape index (κ1) is 13.4. The van der Waals surface area contributed by atoms with Crippen molar-refractivity contribution in [1.82, 2.24) is 5.32 Å². The molecule has 0 spiro atoms. The van der Waals surface area contributed by atoms with Crippen LogP contribution in [0.2, 0.25) is 0 Å². The lowest BCUT2D eigenvalue weighted by molar-refractivity contribution is -0.130. The molecule has 1 fully saturated rings. The molecule has 1 aliphatic carbocycles. The Bertz CT molecular complexity index is 250. The third-order valence-corrected chi connectivity index (χ3v) is 3.58. The molecule has 0 saturated heterocycles. The standard InChI is InChI=1S/C11H22N2O3/c1-3-11(6-14,7-15)13-9(16)10(2,12)8-4-5-8/h8,14-15H,3-7,12H2,1-2H3,(H,13,16). The van der Waals surface area contributed by atoms with Crippen molar-refractivity contribution in [2.75, 3.05) is 13.2 Å². The van der Waals surface area contributed by atoms with Gasteiger partial charge in [-0.25, -0.2) is 0 Å². The topological polar surface area (TPSA) is 95.6 Å². The summed E-state index contributed by atoms with van der Waals surface area (Å²) < 4.78 is 0. The number of amides is 1. The number of aliphatic hydroxyl groups excluding tert-OH is 2. The molecule has 5 heteroatoms. The highest BCUT2D eigenvalue weighted by Gasteiger charge is 2.46. The smallest absolute Gasteiger partial charge is 0.240 e. The van der Waals surface area contributed by atoms with Crippen LogP contribution in [0.5, 0.6) is 0 Å². The van der Waals surface area contributed by atoms with Crippen LogP contribution in [-0.2, 0) is 4.79 Å². The molecule has 0 bridgehead atoms. The minimum absolute atomic E-state index is 0.222. The zero-order valence-corrected chi connectivity index (χ0v) is 9.99. The lowest BCUT2D eigenvalue weighted by atomic mass is 9.92. The fraction of sp³-hybridized carbons (Fsp3) is 0.909. The second-order valence-electron chi connectivity index (χ2n) is 4.96. The van der Waals surface area contributed by atoms with E-state index in [2.05, 4.69) is 5.32 Å². The molecule has 1 saturated carbocycles. The highest BCUT2D eigenvalue weighted by molar-refractivity contribution is 5.87. The number of hydrogen-bond donors (Lipinski definition) is 4. The molecule has 5 N–H and O–H groups in total. The summed E-state index contributed by atoms with van der Waals surface area (Å²) in [5.41, 5.74) is 4.11. The first-order valence-electron chi connectivity index (χ1n) is 5.75. The average Bonchev–Trinajstić information content (AvgIpc) is 3.09. The van der Waals surface area contributed by atoms with E-state index < -0.39 is 11.1 Å². The van der Waals surface area contributed by atoms with Gasteiger partial charge in [0.25, 0.3) is 0 Å². The Balaban J connectivity index is 2.67. The number of nitrogens with one attached hydrogen (secondary N) is 1. The second-order valence-corrected chi connectivity index (χ2v) is 4.96. The van der Waals surface area contributed by atoms with E-state index in [9.17, 15) is 15.0 Å². The normalized spacial score (nSPS) is 20.3. The van der Waals surface area contributed by atoms with Crippen molar-refractivity contribution in [3.63, 3.8) is 0 Å². The van der Waals surface area contributed by atoms with E-state index in [0.717, 1.165) is 12.8 Å². The van der Waals surface area contributed by atoms with Crippen molar-refractivity contribution in [2.24, 2.45) is 11.7 Å². The van der Waals surface area contributed by atoms with E-state index in [1.165, 1.54) is 0 Å². The molecule has 0 aromatic rings. The number of carbonyl (C=O) groups excluding carboxylic acids is 1. The van der Waals surface area contributed by atoms with Crippen LogP contribution in [0, 0.1) is 5.92 Å². The van der Waals surface area contributed by atoms with E-state index in [0.29, 0.717) is 6.42 Å². The van der Waals surface area contributed by atoms with Gasteiger partial charge < -0.3 is 21.3 Å². The van der Waals surface area contributed by atoms with Crippen LogP contribution >= 0.6 is 0 Å². The Morgan fingerprint density at radius 1 is 1.44 bits per heavy atom. The van der Waals surface area contributed by atoms with Gasteiger partial charge in [0.05, 0.1) is 24.3 Å². The van der Waals surface area contributed by atoms with Gasteiger partial charge in [-0.15, -0.1) is 0 Å². The summed E-state index contributed by atoms with van der Waals surface area (Å²) in [5.74, 6) is -0.0700. The Kier molecular flexibility index (Phi) is 3.93. The quantitative estimate of drug-likeness (QED) is 0.488. The fourth-order valence-electron chi connectivity index (χ4n) is 1.68. The van der Waals surface area contributed by atoms with Gasteiger partial charge >= 0.3 is 0 Å². The molecular formula is C11H22N2O3. The van der Waals surface area contributed by atoms with Crippen LogP contribution in [0.4, 0.5) is 0 Å². The van der Waals surface area contributed by atoms with Crippen LogP contribution < -0.4 is 11.1 Å². The van der Waals surface area contributed by atoms with Crippen molar-refractivity contribution in [3.8, 4) is 0 Å². The number of rotatable bonds is 6. The minimum atomic E-state index is -0.952. The molecule has 5 nitrogen and oxygen atoms in total. The first-order valence-corrected chi connectivity index (χ1v) is 5.75. The maximum Gasteiger partial charge on any atom is 0.240 e. The Hall–Kier alpha value is -0.650. The summed E-state index contributed by atoms with van der Waals surface area (Å²) in [6.45, 7) is 2.94. The Morgan fingerprint density at radius 2 is 1.94 bits per heavy atom. The highest BCUT2D eigenvalue weighted by atomic mass is 16.3. The van der Waals surface area contributed by atoms with E-state index in [4.69, 9.17) is 5.73 Å². The highest BCUT2D eigenvalue weighted by Crippen LogP contribution is 2.38. The maximum atomic E-state index is 12.0. The molecule has 0 heterocycles. The molecule has 0 aliphatic heterocycles. The van der Waals surface area contributed by atoms with Crippen LogP contribution in [0.25, 0.3) is 0 Å². The van der Waals surface area contributed by atoms with Crippen molar-refractivity contribution in [1.29, 1.82) is 0 Å². The molecule has 1 atom stereocenters. The van der Waals surface area contributed by atoms with Gasteiger partial charge in [-0.2, -0.15) is 0 Å². The summed E-state index contributed by atoms with van der Waals surface area (Å²) in [4.78, 5) is 12.0. The van der Waals surface area contributed by atoms with E-state index in [-0.39, 0.29) is 25.0 Å². The number of hydrogen-bond acceptors (Lipinski definition) is 4. The zero-order chi connectivity index (χ0) is 12.4. The minimum Gasteiger partial charge on any atom is -0.394 e. The average molecular weight is 230 g/mol. The lowest BCUT2D eigenvalue weighted by Crippen LogP contribution is -2.62. The SMILES string of the molecule is CCC(CO)(CO)NC(=O)C(C)(N)C1CC1. The summed E-state index contributed by atoms with van der Waals surface area (Å²) in [5, 5.41) is 21.1. The molecule has 0 aromatic heterocycles. The van der Waals surface area contributed by atoms with Gasteiger partial charge in [0.15, 0.2) is 0 Å². The number of nitrogens with two attached hydrogens (primary N) is 1. The van der Waals surface area contributed by atoms with Crippen LogP contribution in [0.3, 0.4) is 0 Å². The van der Waals surface area contributed by atoms with Gasteiger partial charge in [-0.05, 0) is 32.1 Å². The van der Waals surface area contributed by atoms with E-state index in [1.54, 1.807) is 13.8 Å². The third kappa shape index (κ3) is 2.53. The van der Waals surface area contributed by atoms with E-state index in [1.807, 2.05) is 0 Å². The van der Waals surface area contributed by atoms with Crippen LogP contribution in [0.15, 0.2) is 0 Å². The summed E-state index contributed by atoms with van der Waals surface area (Å²) in [6.07, 6.45) is 2.40. The van der Waals surface area contributed by atoms with Gasteiger partial charge in [0.1, 0.15) is 0 Å². The van der Waals surface area contributed by atoms with Crippen LogP contribution in [-0.4, -0.2) is 40.4 Å². The lowest BCUT2D eigenvalue weighted by Gasteiger charge is -2.34. The predicted molar refractivity (Wildman–Crippen MR) is 60.7 cm³/mol. The van der Waals surface area contributed by atoms with Crippen molar-refractivity contribution in [3.05, 3.63) is 0 Å². The molecule has 1 rings (SSSR count). The van der Waals surface area contributed by atoms with Crippen molar-refractivity contribution < 1.29 is 15.0 Å². The van der Waals surface area contributed by atoms with Gasteiger partial charge in [-0.3, -0.25) is 4.79 Å². The molecule has 1 amide bonds. The van der Waals surface area contributed by atoms with Gasteiger partial charge in [-0.1, -0.05) is 6.92 Å². The number of carbonyl (C=O) groups is 1. The molecular weight excluding hydrogens is 208 g/mol. The number of aliphatic hydroxyl groups is 2. The Morgan fingerprint density at radius 3 is 2.25 bits per heavy atom. The second kappa shape index (κ2) is 4.69. The maximum absolute atomic E-state index is 12.0.